The van der Waals surface area contributed by atoms with Gasteiger partial charge in [0.2, 0.25) is 0 Å². The maximum absolute atomic E-state index is 13.1. The van der Waals surface area contributed by atoms with E-state index in [1.165, 1.54) is 11.3 Å². The number of hydrogen-bond acceptors (Lipinski definition) is 5. The van der Waals surface area contributed by atoms with Gasteiger partial charge in [-0.25, -0.2) is 5.48 Å². The SMILES string of the molecule is COc1ccc2c(c1)cc(C(=O)N1CCc3sc(C(=O)NO)cc3C1)n2C. The summed E-state index contributed by atoms with van der Waals surface area (Å²) >= 11 is 1.36. The van der Waals surface area contributed by atoms with Crippen LogP contribution in [-0.2, 0) is 20.0 Å². The number of methoxy groups -OCH3 is 1. The van der Waals surface area contributed by atoms with E-state index in [1.807, 2.05) is 35.9 Å². The predicted octanol–water partition coefficient (Wildman–Crippen LogP) is 2.57. The largest absolute Gasteiger partial charge is 0.497 e. The summed E-state index contributed by atoms with van der Waals surface area (Å²) in [6.45, 7) is 1.05. The van der Waals surface area contributed by atoms with Crippen molar-refractivity contribution in [3.63, 3.8) is 0 Å². The van der Waals surface area contributed by atoms with Crippen LogP contribution in [0.2, 0.25) is 0 Å². The molecule has 1 aliphatic heterocycles. The van der Waals surface area contributed by atoms with Crippen LogP contribution in [0, 0.1) is 0 Å². The van der Waals surface area contributed by atoms with Crippen LogP contribution in [0.3, 0.4) is 0 Å². The van der Waals surface area contributed by atoms with E-state index in [0.29, 0.717) is 30.1 Å². The third kappa shape index (κ3) is 2.96. The lowest BCUT2D eigenvalue weighted by Crippen LogP contribution is -2.36. The molecule has 0 spiro atoms. The van der Waals surface area contributed by atoms with E-state index < -0.39 is 5.91 Å². The van der Waals surface area contributed by atoms with Gasteiger partial charge in [-0.2, -0.15) is 0 Å². The first-order valence-electron chi connectivity index (χ1n) is 8.50. The second-order valence-corrected chi connectivity index (χ2v) is 7.63. The van der Waals surface area contributed by atoms with Crippen molar-refractivity contribution in [1.82, 2.24) is 14.9 Å². The summed E-state index contributed by atoms with van der Waals surface area (Å²) in [6, 6.07) is 9.37. The molecule has 0 radical (unpaired) electrons. The van der Waals surface area contributed by atoms with Crippen LogP contribution in [0.15, 0.2) is 30.3 Å². The fourth-order valence-electron chi connectivity index (χ4n) is 3.50. The van der Waals surface area contributed by atoms with Crippen molar-refractivity contribution < 1.29 is 19.5 Å². The standard InChI is InChI=1S/C19H19N3O4S/c1-21-14-4-3-13(26-2)7-11(14)8-15(21)19(24)22-6-5-16-12(10-22)9-17(27-16)18(23)20-25/h3-4,7-9,25H,5-6,10H2,1-2H3,(H,20,23). The molecule has 27 heavy (non-hydrogen) atoms. The molecule has 0 aliphatic carbocycles. The number of rotatable bonds is 3. The van der Waals surface area contributed by atoms with E-state index >= 15 is 0 Å². The fourth-order valence-corrected chi connectivity index (χ4v) is 4.55. The lowest BCUT2D eigenvalue weighted by molar-refractivity contribution is 0.0710. The van der Waals surface area contributed by atoms with Crippen LogP contribution >= 0.6 is 11.3 Å². The van der Waals surface area contributed by atoms with Gasteiger partial charge < -0.3 is 14.2 Å². The number of hydroxylamine groups is 1. The minimum atomic E-state index is -0.519. The normalized spacial score (nSPS) is 13.5. The maximum atomic E-state index is 13.1. The maximum Gasteiger partial charge on any atom is 0.284 e. The smallest absolute Gasteiger partial charge is 0.284 e. The van der Waals surface area contributed by atoms with Crippen molar-refractivity contribution in [3.8, 4) is 5.75 Å². The van der Waals surface area contributed by atoms with E-state index in [4.69, 9.17) is 9.94 Å². The predicted molar refractivity (Wildman–Crippen MR) is 101 cm³/mol. The quantitative estimate of drug-likeness (QED) is 0.536. The third-order valence-electron chi connectivity index (χ3n) is 4.95. The molecule has 3 aromatic rings. The van der Waals surface area contributed by atoms with Crippen molar-refractivity contribution in [3.05, 3.63) is 51.3 Å². The summed E-state index contributed by atoms with van der Waals surface area (Å²) in [5, 5.41) is 9.76. The number of benzene rings is 1. The van der Waals surface area contributed by atoms with Crippen molar-refractivity contribution in [2.24, 2.45) is 7.05 Å². The van der Waals surface area contributed by atoms with Gasteiger partial charge in [0.1, 0.15) is 11.4 Å². The van der Waals surface area contributed by atoms with Crippen LogP contribution < -0.4 is 10.2 Å². The van der Waals surface area contributed by atoms with E-state index in [0.717, 1.165) is 27.1 Å². The Balaban J connectivity index is 1.62. The number of ether oxygens (including phenoxy) is 1. The summed E-state index contributed by atoms with van der Waals surface area (Å²) in [4.78, 5) is 28.1. The Bertz CT molecular complexity index is 1050. The average molecular weight is 385 g/mol. The van der Waals surface area contributed by atoms with Gasteiger partial charge in [-0.05, 0) is 42.3 Å². The molecule has 0 atom stereocenters. The lowest BCUT2D eigenvalue weighted by atomic mass is 10.1. The van der Waals surface area contributed by atoms with Gasteiger partial charge in [0.25, 0.3) is 11.8 Å². The number of carbonyl (C=O) groups excluding carboxylic acids is 2. The van der Waals surface area contributed by atoms with Gasteiger partial charge in [0.05, 0.1) is 12.0 Å². The highest BCUT2D eigenvalue weighted by Crippen LogP contribution is 2.30. The number of fused-ring (bicyclic) bond motifs is 2. The zero-order chi connectivity index (χ0) is 19.1. The van der Waals surface area contributed by atoms with Crippen LogP contribution in [0.25, 0.3) is 10.9 Å². The first-order chi connectivity index (χ1) is 13.0. The molecule has 4 rings (SSSR count). The molecule has 0 fully saturated rings. The molecule has 3 heterocycles. The van der Waals surface area contributed by atoms with E-state index in [9.17, 15) is 9.59 Å². The number of hydrogen-bond donors (Lipinski definition) is 2. The molecule has 1 aromatic carbocycles. The number of thiophene rings is 1. The van der Waals surface area contributed by atoms with E-state index in [2.05, 4.69) is 0 Å². The van der Waals surface area contributed by atoms with Gasteiger partial charge >= 0.3 is 0 Å². The van der Waals surface area contributed by atoms with Gasteiger partial charge in [-0.1, -0.05) is 0 Å². The Hall–Kier alpha value is -2.84. The Labute approximate surface area is 159 Å². The topological polar surface area (TPSA) is 83.8 Å². The van der Waals surface area contributed by atoms with Crippen molar-refractivity contribution in [2.75, 3.05) is 13.7 Å². The van der Waals surface area contributed by atoms with E-state index in [-0.39, 0.29) is 5.91 Å². The number of amides is 2. The van der Waals surface area contributed by atoms with Crippen LogP contribution in [0.1, 0.15) is 30.6 Å². The monoisotopic (exact) mass is 385 g/mol. The highest BCUT2D eigenvalue weighted by atomic mass is 32.1. The van der Waals surface area contributed by atoms with Crippen LogP contribution in [-0.4, -0.2) is 40.1 Å². The first-order valence-corrected chi connectivity index (χ1v) is 9.32. The molecule has 2 amide bonds. The number of aromatic nitrogens is 1. The van der Waals surface area contributed by atoms with Gasteiger partial charge in [0.15, 0.2) is 0 Å². The second kappa shape index (κ2) is 6.71. The molecule has 0 unspecified atom stereocenters. The molecule has 2 N–H and O–H groups in total. The zero-order valence-corrected chi connectivity index (χ0v) is 15.8. The number of aryl methyl sites for hydroxylation is 1. The molecule has 0 saturated carbocycles. The first kappa shape index (κ1) is 17.6. The van der Waals surface area contributed by atoms with Crippen molar-refractivity contribution >= 4 is 34.1 Å². The van der Waals surface area contributed by atoms with Crippen LogP contribution in [0.5, 0.6) is 5.75 Å². The van der Waals surface area contributed by atoms with Crippen molar-refractivity contribution in [1.29, 1.82) is 0 Å². The molecule has 2 aromatic heterocycles. The van der Waals surface area contributed by atoms with Gasteiger partial charge in [0, 0.05) is 35.9 Å². The summed E-state index contributed by atoms with van der Waals surface area (Å²) in [6.07, 6.45) is 0.697. The minimum absolute atomic E-state index is 0.0438. The Morgan fingerprint density at radius 3 is 2.81 bits per heavy atom. The molecular weight excluding hydrogens is 366 g/mol. The van der Waals surface area contributed by atoms with E-state index in [1.54, 1.807) is 23.6 Å². The number of nitrogens with zero attached hydrogens (tertiary/aromatic N) is 2. The number of nitrogens with one attached hydrogen (secondary N) is 1. The summed E-state index contributed by atoms with van der Waals surface area (Å²) in [7, 11) is 3.50. The molecular formula is C19H19N3O4S. The second-order valence-electron chi connectivity index (χ2n) is 6.49. The lowest BCUT2D eigenvalue weighted by Gasteiger charge is -2.27. The van der Waals surface area contributed by atoms with Crippen LogP contribution in [0.4, 0.5) is 0 Å². The molecule has 0 bridgehead atoms. The Kier molecular flexibility index (Phi) is 4.37. The fraction of sp³-hybridized carbons (Fsp3) is 0.263. The highest BCUT2D eigenvalue weighted by Gasteiger charge is 2.26. The Morgan fingerprint density at radius 2 is 2.07 bits per heavy atom. The average Bonchev–Trinajstić information content (AvgIpc) is 3.27. The third-order valence-corrected chi connectivity index (χ3v) is 6.18. The molecule has 0 saturated heterocycles. The minimum Gasteiger partial charge on any atom is -0.497 e. The molecule has 1 aliphatic rings. The van der Waals surface area contributed by atoms with Gasteiger partial charge in [-0.15, -0.1) is 11.3 Å². The Morgan fingerprint density at radius 1 is 1.26 bits per heavy atom. The summed E-state index contributed by atoms with van der Waals surface area (Å²) < 4.78 is 7.16. The summed E-state index contributed by atoms with van der Waals surface area (Å²) in [5.41, 5.74) is 4.20. The molecule has 7 nitrogen and oxygen atoms in total. The molecule has 8 heteroatoms. The summed E-state index contributed by atoms with van der Waals surface area (Å²) in [5.74, 6) is 0.190. The van der Waals surface area contributed by atoms with Crippen molar-refractivity contribution in [2.45, 2.75) is 13.0 Å². The zero-order valence-electron chi connectivity index (χ0n) is 15.0. The van der Waals surface area contributed by atoms with Gasteiger partial charge in [-0.3, -0.25) is 14.8 Å². The molecule has 140 valence electrons. The number of carbonyl (C=O) groups is 2. The highest BCUT2D eigenvalue weighted by molar-refractivity contribution is 7.14.